The van der Waals surface area contributed by atoms with Gasteiger partial charge < -0.3 is 14.7 Å². The zero-order chi connectivity index (χ0) is 20.4. The third kappa shape index (κ3) is 3.26. The van der Waals surface area contributed by atoms with Crippen LogP contribution in [0.1, 0.15) is 41.6 Å². The molecule has 0 saturated carbocycles. The Kier molecular flexibility index (Phi) is 5.49. The zero-order valence-electron chi connectivity index (χ0n) is 16.5. The van der Waals surface area contributed by atoms with Crippen molar-refractivity contribution in [3.8, 4) is 5.75 Å². The number of nitrogens with zero attached hydrogens (tertiary/aromatic N) is 2. The molecule has 28 heavy (non-hydrogen) atoms. The van der Waals surface area contributed by atoms with E-state index in [9.17, 15) is 14.7 Å². The lowest BCUT2D eigenvalue weighted by molar-refractivity contribution is -0.139. The monoisotopic (exact) mass is 380 g/mol. The molecule has 1 atom stereocenters. The highest BCUT2D eigenvalue weighted by Crippen LogP contribution is 2.41. The number of aryl methyl sites for hydroxylation is 2. The largest absolute Gasteiger partial charge is 0.507 e. The molecule has 1 unspecified atom stereocenters. The first-order chi connectivity index (χ1) is 13.4. The minimum atomic E-state index is -0.694. The zero-order valence-corrected chi connectivity index (χ0v) is 16.5. The van der Waals surface area contributed by atoms with Gasteiger partial charge in [0.15, 0.2) is 0 Å². The molecule has 0 bridgehead atoms. The highest BCUT2D eigenvalue weighted by Gasteiger charge is 2.46. The summed E-state index contributed by atoms with van der Waals surface area (Å²) in [5.41, 5.74) is 2.91. The number of carbonyl (C=O) groups is 2. The Labute approximate surface area is 164 Å². The molecule has 2 heterocycles. The Morgan fingerprint density at radius 1 is 1.29 bits per heavy atom. The summed E-state index contributed by atoms with van der Waals surface area (Å²) in [4.78, 5) is 31.2. The Bertz CT molecular complexity index is 951. The number of aromatic nitrogens is 1. The molecular weight excluding hydrogens is 356 g/mol. The number of Topliss-reactive ketones (excluding diaryl/α,β-unsaturated/α-hetero) is 1. The summed E-state index contributed by atoms with van der Waals surface area (Å²) in [5, 5.41) is 11.2. The number of carbonyl (C=O) groups excluding carboxylic acids is 2. The molecule has 1 amide bonds. The minimum Gasteiger partial charge on any atom is -0.507 e. The average Bonchev–Trinajstić information content (AvgIpc) is 2.93. The maximum Gasteiger partial charge on any atom is 0.295 e. The van der Waals surface area contributed by atoms with E-state index in [4.69, 9.17) is 4.74 Å². The van der Waals surface area contributed by atoms with Crippen LogP contribution in [0.15, 0.2) is 42.2 Å². The molecule has 1 aliphatic rings. The highest BCUT2D eigenvalue weighted by molar-refractivity contribution is 6.46. The molecule has 1 saturated heterocycles. The van der Waals surface area contributed by atoms with Crippen LogP contribution < -0.4 is 4.74 Å². The molecule has 0 radical (unpaired) electrons. The Morgan fingerprint density at radius 2 is 2.04 bits per heavy atom. The number of ketones is 1. The number of hydrogen-bond acceptors (Lipinski definition) is 5. The van der Waals surface area contributed by atoms with Gasteiger partial charge in [0.1, 0.15) is 11.5 Å². The average molecular weight is 380 g/mol. The summed E-state index contributed by atoms with van der Waals surface area (Å²) in [5.74, 6) is -1.05. The van der Waals surface area contributed by atoms with Gasteiger partial charge in [0.2, 0.25) is 0 Å². The van der Waals surface area contributed by atoms with Crippen molar-refractivity contribution in [1.82, 2.24) is 9.88 Å². The summed E-state index contributed by atoms with van der Waals surface area (Å²) in [6.45, 7) is 6.12. The summed E-state index contributed by atoms with van der Waals surface area (Å²) in [6, 6.07) is 6.56. The van der Waals surface area contributed by atoms with E-state index in [1.807, 2.05) is 26.8 Å². The van der Waals surface area contributed by atoms with E-state index < -0.39 is 17.7 Å². The minimum absolute atomic E-state index is 0.0646. The van der Waals surface area contributed by atoms with Crippen molar-refractivity contribution in [3.63, 3.8) is 0 Å². The van der Waals surface area contributed by atoms with Crippen molar-refractivity contribution >= 4 is 17.4 Å². The smallest absolute Gasteiger partial charge is 0.295 e. The van der Waals surface area contributed by atoms with Gasteiger partial charge in [-0.1, -0.05) is 19.1 Å². The van der Waals surface area contributed by atoms with Crippen LogP contribution in [0.2, 0.25) is 0 Å². The predicted molar refractivity (Wildman–Crippen MR) is 106 cm³/mol. The van der Waals surface area contributed by atoms with Crippen molar-refractivity contribution in [1.29, 1.82) is 0 Å². The van der Waals surface area contributed by atoms with E-state index in [1.165, 1.54) is 12.0 Å². The number of hydrogen-bond donors (Lipinski definition) is 1. The van der Waals surface area contributed by atoms with Crippen molar-refractivity contribution in [3.05, 3.63) is 64.5 Å². The molecule has 1 N–H and O–H groups in total. The van der Waals surface area contributed by atoms with Crippen LogP contribution in [0, 0.1) is 13.8 Å². The summed E-state index contributed by atoms with van der Waals surface area (Å²) in [6.07, 6.45) is 3.93. The predicted octanol–water partition coefficient (Wildman–Crippen LogP) is 3.54. The quantitative estimate of drug-likeness (QED) is 0.488. The van der Waals surface area contributed by atoms with Crippen molar-refractivity contribution in [2.45, 2.75) is 33.2 Å². The van der Waals surface area contributed by atoms with Gasteiger partial charge in [0.05, 0.1) is 24.3 Å². The molecule has 1 fully saturated rings. The van der Waals surface area contributed by atoms with Crippen LogP contribution in [0.4, 0.5) is 0 Å². The van der Waals surface area contributed by atoms with Crippen molar-refractivity contribution < 1.29 is 19.4 Å². The van der Waals surface area contributed by atoms with Crippen molar-refractivity contribution in [2.75, 3.05) is 13.7 Å². The van der Waals surface area contributed by atoms with E-state index in [2.05, 4.69) is 4.98 Å². The van der Waals surface area contributed by atoms with Crippen LogP contribution in [-0.4, -0.2) is 40.3 Å². The number of aliphatic hydroxyl groups excluding tert-OH is 1. The molecule has 0 spiro atoms. The van der Waals surface area contributed by atoms with E-state index >= 15 is 0 Å². The van der Waals surface area contributed by atoms with E-state index in [0.29, 0.717) is 29.8 Å². The molecule has 146 valence electrons. The van der Waals surface area contributed by atoms with Gasteiger partial charge >= 0.3 is 0 Å². The number of methoxy groups -OCH3 is 1. The molecule has 1 aromatic carbocycles. The molecule has 2 aromatic rings. The SMILES string of the molecule is CCCN1C(=O)C(=O)/C(=C(/O)c2cc(C)cc(C)c2OC)C1c1cccnc1. The van der Waals surface area contributed by atoms with Gasteiger partial charge in [-0.05, 0) is 49.1 Å². The van der Waals surface area contributed by atoms with Crippen LogP contribution in [-0.2, 0) is 9.59 Å². The van der Waals surface area contributed by atoms with Gasteiger partial charge in [-0.15, -0.1) is 0 Å². The molecular formula is C22H24N2O4. The first-order valence-electron chi connectivity index (χ1n) is 9.24. The fraction of sp³-hybridized carbons (Fsp3) is 0.318. The summed E-state index contributed by atoms with van der Waals surface area (Å²) >= 11 is 0. The number of benzene rings is 1. The van der Waals surface area contributed by atoms with E-state index in [0.717, 1.165) is 11.1 Å². The number of aliphatic hydroxyl groups is 1. The number of amides is 1. The van der Waals surface area contributed by atoms with Crippen LogP contribution in [0.5, 0.6) is 5.75 Å². The van der Waals surface area contributed by atoms with Crippen LogP contribution >= 0.6 is 0 Å². The van der Waals surface area contributed by atoms with Gasteiger partial charge in [0.25, 0.3) is 11.7 Å². The van der Waals surface area contributed by atoms with E-state index in [1.54, 1.807) is 30.6 Å². The van der Waals surface area contributed by atoms with Crippen molar-refractivity contribution in [2.24, 2.45) is 0 Å². The first-order valence-corrected chi connectivity index (χ1v) is 9.24. The standard InChI is InChI=1S/C22H24N2O4/c1-5-9-24-18(15-7-6-8-23-12-15)17(20(26)22(24)27)19(25)16-11-13(2)10-14(3)21(16)28-4/h6-8,10-12,18,25H,5,9H2,1-4H3/b19-17+. The number of ether oxygens (including phenoxy) is 1. The molecule has 3 rings (SSSR count). The lowest BCUT2D eigenvalue weighted by atomic mass is 9.94. The summed E-state index contributed by atoms with van der Waals surface area (Å²) < 4.78 is 5.47. The Balaban J connectivity index is 2.27. The van der Waals surface area contributed by atoms with Gasteiger partial charge in [0, 0.05) is 18.9 Å². The first kappa shape index (κ1) is 19.6. The van der Waals surface area contributed by atoms with Gasteiger partial charge in [-0.3, -0.25) is 14.6 Å². The fourth-order valence-electron chi connectivity index (χ4n) is 3.78. The molecule has 0 aliphatic carbocycles. The maximum absolute atomic E-state index is 12.9. The topological polar surface area (TPSA) is 79.7 Å². The second-order valence-electron chi connectivity index (χ2n) is 6.94. The lowest BCUT2D eigenvalue weighted by Gasteiger charge is -2.24. The Hall–Kier alpha value is -3.15. The highest BCUT2D eigenvalue weighted by atomic mass is 16.5. The summed E-state index contributed by atoms with van der Waals surface area (Å²) in [7, 11) is 1.52. The third-order valence-corrected chi connectivity index (χ3v) is 4.88. The Morgan fingerprint density at radius 3 is 2.64 bits per heavy atom. The molecule has 1 aliphatic heterocycles. The van der Waals surface area contributed by atoms with Crippen LogP contribution in [0.25, 0.3) is 5.76 Å². The molecule has 6 heteroatoms. The maximum atomic E-state index is 12.9. The van der Waals surface area contributed by atoms with E-state index in [-0.39, 0.29) is 11.3 Å². The molecule has 6 nitrogen and oxygen atoms in total. The second-order valence-corrected chi connectivity index (χ2v) is 6.94. The van der Waals surface area contributed by atoms with Crippen LogP contribution in [0.3, 0.4) is 0 Å². The van der Waals surface area contributed by atoms with Gasteiger partial charge in [-0.2, -0.15) is 0 Å². The number of rotatable bonds is 5. The number of likely N-dealkylation sites (tertiary alicyclic amines) is 1. The molecule has 1 aromatic heterocycles. The third-order valence-electron chi connectivity index (χ3n) is 4.88. The number of pyridine rings is 1. The second kappa shape index (κ2) is 7.84. The fourth-order valence-corrected chi connectivity index (χ4v) is 3.78. The normalized spacial score (nSPS) is 18.6. The van der Waals surface area contributed by atoms with Gasteiger partial charge in [-0.25, -0.2) is 0 Å². The lowest BCUT2D eigenvalue weighted by Crippen LogP contribution is -2.30.